The second kappa shape index (κ2) is 4.93. The van der Waals surface area contributed by atoms with Crippen LogP contribution < -0.4 is 5.32 Å². The fourth-order valence-corrected chi connectivity index (χ4v) is 2.12. The van der Waals surface area contributed by atoms with Gasteiger partial charge in [-0.2, -0.15) is 0 Å². The van der Waals surface area contributed by atoms with Gasteiger partial charge in [-0.1, -0.05) is 0 Å². The first-order valence-corrected chi connectivity index (χ1v) is 5.93. The van der Waals surface area contributed by atoms with E-state index in [1.807, 2.05) is 0 Å². The summed E-state index contributed by atoms with van der Waals surface area (Å²) >= 11 is 3.27. The molecule has 1 aromatic rings. The molecule has 0 atom stereocenters. The van der Waals surface area contributed by atoms with Crippen LogP contribution in [0.15, 0.2) is 22.7 Å². The van der Waals surface area contributed by atoms with Crippen molar-refractivity contribution in [3.8, 4) is 0 Å². The van der Waals surface area contributed by atoms with E-state index in [4.69, 9.17) is 0 Å². The Morgan fingerprint density at radius 1 is 1.38 bits per heavy atom. The van der Waals surface area contributed by atoms with Crippen LogP contribution in [-0.4, -0.2) is 37.0 Å². The van der Waals surface area contributed by atoms with Gasteiger partial charge in [-0.3, -0.25) is 4.79 Å². The highest BCUT2D eigenvalue weighted by atomic mass is 79.9. The van der Waals surface area contributed by atoms with Crippen LogP contribution in [0.2, 0.25) is 0 Å². The van der Waals surface area contributed by atoms with Gasteiger partial charge in [0.15, 0.2) is 0 Å². The van der Waals surface area contributed by atoms with E-state index in [2.05, 4.69) is 21.2 Å². The van der Waals surface area contributed by atoms with Crippen molar-refractivity contribution in [1.82, 2.24) is 10.2 Å². The molecule has 86 valence electrons. The van der Waals surface area contributed by atoms with E-state index in [-0.39, 0.29) is 11.7 Å². The lowest BCUT2D eigenvalue weighted by molar-refractivity contribution is 0.0734. The molecule has 0 aromatic heterocycles. The summed E-state index contributed by atoms with van der Waals surface area (Å²) in [4.78, 5) is 13.8. The van der Waals surface area contributed by atoms with Gasteiger partial charge in [0.25, 0.3) is 5.91 Å². The third-order valence-electron chi connectivity index (χ3n) is 2.56. The van der Waals surface area contributed by atoms with Crippen molar-refractivity contribution in [2.24, 2.45) is 0 Å². The Morgan fingerprint density at radius 3 is 2.75 bits per heavy atom. The van der Waals surface area contributed by atoms with E-state index in [1.54, 1.807) is 11.0 Å². The number of carbonyl (C=O) groups excluding carboxylic acids is 1. The maximum absolute atomic E-state index is 13.1. The average molecular weight is 287 g/mol. The SMILES string of the molecule is O=C(c1cc(F)ccc1Br)N1CCNCC1. The molecule has 5 heteroatoms. The molecule has 1 fully saturated rings. The highest BCUT2D eigenvalue weighted by molar-refractivity contribution is 9.10. The lowest BCUT2D eigenvalue weighted by Gasteiger charge is -2.27. The molecule has 0 bridgehead atoms. The molecule has 16 heavy (non-hydrogen) atoms. The van der Waals surface area contributed by atoms with Gasteiger partial charge in [0.05, 0.1) is 5.56 Å². The van der Waals surface area contributed by atoms with Crippen LogP contribution in [-0.2, 0) is 0 Å². The predicted octanol–water partition coefficient (Wildman–Crippen LogP) is 1.63. The molecule has 2 rings (SSSR count). The molecule has 1 N–H and O–H groups in total. The predicted molar refractivity (Wildman–Crippen MR) is 62.9 cm³/mol. The van der Waals surface area contributed by atoms with Crippen LogP contribution in [0.1, 0.15) is 10.4 Å². The third kappa shape index (κ3) is 2.41. The van der Waals surface area contributed by atoms with Gasteiger partial charge in [-0.25, -0.2) is 4.39 Å². The van der Waals surface area contributed by atoms with Crippen molar-refractivity contribution < 1.29 is 9.18 Å². The molecule has 1 saturated heterocycles. The highest BCUT2D eigenvalue weighted by Gasteiger charge is 2.20. The molecule has 0 radical (unpaired) electrons. The number of amides is 1. The maximum atomic E-state index is 13.1. The summed E-state index contributed by atoms with van der Waals surface area (Å²) in [7, 11) is 0. The van der Waals surface area contributed by atoms with Crippen molar-refractivity contribution >= 4 is 21.8 Å². The van der Waals surface area contributed by atoms with Gasteiger partial charge in [0.2, 0.25) is 0 Å². The summed E-state index contributed by atoms with van der Waals surface area (Å²) in [5.74, 6) is -0.505. The molecule has 0 unspecified atom stereocenters. The number of halogens is 2. The van der Waals surface area contributed by atoms with Crippen LogP contribution in [0.5, 0.6) is 0 Å². The number of nitrogens with zero attached hydrogens (tertiary/aromatic N) is 1. The molecule has 1 amide bonds. The van der Waals surface area contributed by atoms with Crippen LogP contribution in [0.4, 0.5) is 4.39 Å². The van der Waals surface area contributed by atoms with E-state index in [1.165, 1.54) is 12.1 Å². The Bertz CT molecular complexity index is 405. The second-order valence-electron chi connectivity index (χ2n) is 3.67. The zero-order valence-electron chi connectivity index (χ0n) is 8.67. The molecule has 1 aromatic carbocycles. The number of hydrogen-bond acceptors (Lipinski definition) is 2. The molecule has 1 heterocycles. The number of piperazine rings is 1. The molecule has 0 aliphatic carbocycles. The van der Waals surface area contributed by atoms with Crippen molar-refractivity contribution in [2.75, 3.05) is 26.2 Å². The Kier molecular flexibility index (Phi) is 3.56. The Morgan fingerprint density at radius 2 is 2.06 bits per heavy atom. The zero-order valence-corrected chi connectivity index (χ0v) is 10.3. The van der Waals surface area contributed by atoms with Crippen molar-refractivity contribution in [3.05, 3.63) is 34.1 Å². The molecular weight excluding hydrogens is 275 g/mol. The summed E-state index contributed by atoms with van der Waals surface area (Å²) in [5, 5.41) is 3.17. The molecule has 1 aliphatic heterocycles. The molecule has 0 spiro atoms. The normalized spacial score (nSPS) is 16.2. The van der Waals surface area contributed by atoms with E-state index < -0.39 is 0 Å². The Labute approximate surface area is 102 Å². The van der Waals surface area contributed by atoms with Crippen LogP contribution in [0.25, 0.3) is 0 Å². The van der Waals surface area contributed by atoms with Crippen molar-refractivity contribution in [1.29, 1.82) is 0 Å². The van der Waals surface area contributed by atoms with E-state index in [9.17, 15) is 9.18 Å². The van der Waals surface area contributed by atoms with Gasteiger partial charge in [-0.15, -0.1) is 0 Å². The highest BCUT2D eigenvalue weighted by Crippen LogP contribution is 2.19. The average Bonchev–Trinajstić information content (AvgIpc) is 2.32. The van der Waals surface area contributed by atoms with Gasteiger partial charge < -0.3 is 10.2 Å². The van der Waals surface area contributed by atoms with E-state index in [0.717, 1.165) is 13.1 Å². The fraction of sp³-hybridized carbons (Fsp3) is 0.364. The summed E-state index contributed by atoms with van der Waals surface area (Å²) in [5.41, 5.74) is 0.391. The number of rotatable bonds is 1. The van der Waals surface area contributed by atoms with Crippen LogP contribution in [0, 0.1) is 5.82 Å². The minimum absolute atomic E-state index is 0.118. The molecular formula is C11H12BrFN2O. The molecule has 1 aliphatic rings. The van der Waals surface area contributed by atoms with E-state index in [0.29, 0.717) is 23.1 Å². The van der Waals surface area contributed by atoms with Gasteiger partial charge >= 0.3 is 0 Å². The number of benzene rings is 1. The summed E-state index contributed by atoms with van der Waals surface area (Å²) in [6.45, 7) is 2.92. The van der Waals surface area contributed by atoms with Crippen LogP contribution >= 0.6 is 15.9 Å². The van der Waals surface area contributed by atoms with Crippen molar-refractivity contribution in [2.45, 2.75) is 0 Å². The summed E-state index contributed by atoms with van der Waals surface area (Å²) < 4.78 is 13.7. The summed E-state index contributed by atoms with van der Waals surface area (Å²) in [6.07, 6.45) is 0. The smallest absolute Gasteiger partial charge is 0.255 e. The number of carbonyl (C=O) groups is 1. The Hall–Kier alpha value is -0.940. The summed E-state index contributed by atoms with van der Waals surface area (Å²) in [6, 6.07) is 4.16. The fourth-order valence-electron chi connectivity index (χ4n) is 1.70. The largest absolute Gasteiger partial charge is 0.336 e. The van der Waals surface area contributed by atoms with Gasteiger partial charge in [0.1, 0.15) is 5.82 Å². The van der Waals surface area contributed by atoms with E-state index >= 15 is 0 Å². The topological polar surface area (TPSA) is 32.3 Å². The molecule has 0 saturated carbocycles. The first-order chi connectivity index (χ1) is 7.68. The van der Waals surface area contributed by atoms with Crippen LogP contribution in [0.3, 0.4) is 0 Å². The first-order valence-electron chi connectivity index (χ1n) is 5.13. The zero-order chi connectivity index (χ0) is 11.5. The standard InChI is InChI=1S/C11H12BrFN2O/c12-10-2-1-8(13)7-9(10)11(16)15-5-3-14-4-6-15/h1-2,7,14H,3-6H2. The van der Waals surface area contributed by atoms with Gasteiger partial charge in [0, 0.05) is 30.7 Å². The Balaban J connectivity index is 2.22. The third-order valence-corrected chi connectivity index (χ3v) is 3.25. The van der Waals surface area contributed by atoms with Crippen molar-refractivity contribution in [3.63, 3.8) is 0 Å². The second-order valence-corrected chi connectivity index (χ2v) is 4.52. The van der Waals surface area contributed by atoms with Gasteiger partial charge in [-0.05, 0) is 34.1 Å². The lowest BCUT2D eigenvalue weighted by atomic mass is 10.2. The molecule has 3 nitrogen and oxygen atoms in total. The quantitative estimate of drug-likeness (QED) is 0.851. The first kappa shape index (κ1) is 11.5. The minimum atomic E-state index is -0.387. The lowest BCUT2D eigenvalue weighted by Crippen LogP contribution is -2.46. The number of nitrogens with one attached hydrogen (secondary N) is 1. The monoisotopic (exact) mass is 286 g/mol. The number of hydrogen-bond donors (Lipinski definition) is 1. The maximum Gasteiger partial charge on any atom is 0.255 e. The minimum Gasteiger partial charge on any atom is -0.336 e.